The van der Waals surface area contributed by atoms with Gasteiger partial charge in [-0.2, -0.15) is 0 Å². The first-order chi connectivity index (χ1) is 15.4. The highest BCUT2D eigenvalue weighted by Gasteiger charge is 2.12. The molecule has 8 heteroatoms. The highest BCUT2D eigenvalue weighted by Crippen LogP contribution is 2.22. The Bertz CT molecular complexity index is 1040. The fourth-order valence-electron chi connectivity index (χ4n) is 2.54. The average Bonchev–Trinajstić information content (AvgIpc) is 2.80. The van der Waals surface area contributed by atoms with Gasteiger partial charge in [-0.1, -0.05) is 42.5 Å². The normalized spacial score (nSPS) is 10.8. The topological polar surface area (TPSA) is 125 Å². The lowest BCUT2D eigenvalue weighted by atomic mass is 10.1. The Balaban J connectivity index is 0.000000343. The molecule has 0 spiro atoms. The van der Waals surface area contributed by atoms with E-state index in [1.54, 1.807) is 24.3 Å². The van der Waals surface area contributed by atoms with Crippen LogP contribution in [0.5, 0.6) is 11.5 Å². The first-order valence-corrected chi connectivity index (χ1v) is 9.79. The summed E-state index contributed by atoms with van der Waals surface area (Å²) in [6.45, 7) is 0. The van der Waals surface area contributed by atoms with E-state index < -0.39 is 12.0 Å². The summed E-state index contributed by atoms with van der Waals surface area (Å²) in [6.07, 6.45) is 3.32. The van der Waals surface area contributed by atoms with Crippen molar-refractivity contribution in [1.29, 1.82) is 0 Å². The van der Waals surface area contributed by atoms with Crippen LogP contribution in [0.1, 0.15) is 11.1 Å². The number of esters is 1. The van der Waals surface area contributed by atoms with Crippen LogP contribution in [-0.4, -0.2) is 30.2 Å². The molecule has 1 atom stereocenters. The quantitative estimate of drug-likeness (QED) is 0.267. The lowest BCUT2D eigenvalue weighted by molar-refractivity contribution is -0.138. The van der Waals surface area contributed by atoms with Crippen LogP contribution in [0.15, 0.2) is 84.9 Å². The lowest BCUT2D eigenvalue weighted by Gasteiger charge is -2.09. The Morgan fingerprint density at radius 2 is 1.61 bits per heavy atom. The Kier molecular flexibility index (Phi) is 11.8. The fraction of sp³-hybridized carbons (Fsp3) is 0.120. The lowest BCUT2D eigenvalue weighted by Crippen LogP contribution is -2.32. The van der Waals surface area contributed by atoms with Gasteiger partial charge < -0.3 is 26.0 Å². The summed E-state index contributed by atoms with van der Waals surface area (Å²) >= 11 is 0. The van der Waals surface area contributed by atoms with Crippen molar-refractivity contribution in [3.8, 4) is 11.5 Å². The third-order valence-electron chi connectivity index (χ3n) is 4.20. The smallest absolute Gasteiger partial charge is 0.330 e. The molecule has 0 aliphatic heterocycles. The van der Waals surface area contributed by atoms with Gasteiger partial charge in [0, 0.05) is 11.8 Å². The monoisotopic (exact) mass is 470 g/mol. The van der Waals surface area contributed by atoms with E-state index in [9.17, 15) is 9.59 Å². The van der Waals surface area contributed by atoms with E-state index in [0.717, 1.165) is 16.9 Å². The van der Waals surface area contributed by atoms with Gasteiger partial charge in [-0.3, -0.25) is 4.79 Å². The molecule has 0 aliphatic carbocycles. The minimum absolute atomic E-state index is 0. The molecular formula is C25H27ClN2O5. The number of carboxylic acid groups (broad SMARTS) is 1. The maximum Gasteiger partial charge on any atom is 0.330 e. The molecule has 0 radical (unpaired) electrons. The van der Waals surface area contributed by atoms with Crippen molar-refractivity contribution < 1.29 is 24.2 Å². The molecule has 33 heavy (non-hydrogen) atoms. The van der Waals surface area contributed by atoms with Gasteiger partial charge in [0.05, 0.1) is 7.11 Å². The van der Waals surface area contributed by atoms with Crippen LogP contribution >= 0.6 is 12.4 Å². The average molecular weight is 471 g/mol. The number of benzene rings is 3. The molecule has 5 N–H and O–H groups in total. The molecule has 0 bridgehead atoms. The molecule has 0 fully saturated rings. The van der Waals surface area contributed by atoms with E-state index in [0.29, 0.717) is 11.4 Å². The van der Waals surface area contributed by atoms with Gasteiger partial charge in [-0.05, 0) is 60.0 Å². The Labute approximate surface area is 199 Å². The third kappa shape index (κ3) is 10.4. The maximum absolute atomic E-state index is 10.7. The number of aliphatic carboxylic acids is 1. The molecule has 0 saturated heterocycles. The number of carbonyl (C=O) groups is 2. The van der Waals surface area contributed by atoms with E-state index in [2.05, 4.69) is 4.74 Å². The zero-order valence-corrected chi connectivity index (χ0v) is 18.9. The van der Waals surface area contributed by atoms with Crippen LogP contribution in [0, 0.1) is 0 Å². The second-order valence-electron chi connectivity index (χ2n) is 6.73. The van der Waals surface area contributed by atoms with Gasteiger partial charge in [-0.25, -0.2) is 4.79 Å². The zero-order valence-electron chi connectivity index (χ0n) is 18.1. The van der Waals surface area contributed by atoms with Crippen molar-refractivity contribution >= 4 is 36.1 Å². The van der Waals surface area contributed by atoms with Crippen LogP contribution in [-0.2, 0) is 20.7 Å². The van der Waals surface area contributed by atoms with E-state index in [4.69, 9.17) is 21.3 Å². The van der Waals surface area contributed by atoms with Crippen LogP contribution in [0.2, 0.25) is 0 Å². The van der Waals surface area contributed by atoms with E-state index in [1.165, 1.54) is 13.2 Å². The number of hydrogen-bond acceptors (Lipinski definition) is 6. The zero-order chi connectivity index (χ0) is 23.3. The van der Waals surface area contributed by atoms with Gasteiger partial charge in [0.15, 0.2) is 0 Å². The summed E-state index contributed by atoms with van der Waals surface area (Å²) in [4.78, 5) is 21.4. The second-order valence-corrected chi connectivity index (χ2v) is 6.73. The van der Waals surface area contributed by atoms with Crippen LogP contribution < -0.4 is 16.2 Å². The molecule has 3 aromatic rings. The number of carboxylic acids is 1. The Morgan fingerprint density at radius 1 is 0.970 bits per heavy atom. The van der Waals surface area contributed by atoms with E-state index in [1.807, 2.05) is 60.7 Å². The van der Waals surface area contributed by atoms with E-state index >= 15 is 0 Å². The SMILES string of the molecule is COC(=O)C=Cc1ccc(N)cc1.Cl.NC(Cc1cccc(Oc2ccccc2)c1)C(=O)O. The summed E-state index contributed by atoms with van der Waals surface area (Å²) in [5.74, 6) is 0.0367. The molecule has 0 aromatic heterocycles. The number of nitrogens with two attached hydrogens (primary N) is 2. The van der Waals surface area contributed by atoms with E-state index in [-0.39, 0.29) is 24.8 Å². The number of carbonyl (C=O) groups excluding carboxylic acids is 1. The number of ether oxygens (including phenoxy) is 2. The molecular weight excluding hydrogens is 444 g/mol. The molecule has 1 unspecified atom stereocenters. The number of rotatable bonds is 7. The molecule has 3 aromatic carbocycles. The number of methoxy groups -OCH3 is 1. The molecule has 174 valence electrons. The highest BCUT2D eigenvalue weighted by atomic mass is 35.5. The van der Waals surface area contributed by atoms with Crippen molar-refractivity contribution in [3.05, 3.63) is 96.1 Å². The van der Waals surface area contributed by atoms with Crippen molar-refractivity contribution in [3.63, 3.8) is 0 Å². The summed E-state index contributed by atoms with van der Waals surface area (Å²) in [7, 11) is 1.34. The van der Waals surface area contributed by atoms with Gasteiger partial charge >= 0.3 is 11.9 Å². The summed E-state index contributed by atoms with van der Waals surface area (Å²) in [5.41, 5.74) is 13.5. The van der Waals surface area contributed by atoms with Crippen molar-refractivity contribution in [2.45, 2.75) is 12.5 Å². The summed E-state index contributed by atoms with van der Waals surface area (Å²) in [5, 5.41) is 8.79. The Morgan fingerprint density at radius 3 is 2.21 bits per heavy atom. The minimum atomic E-state index is -1.01. The third-order valence-corrected chi connectivity index (χ3v) is 4.20. The maximum atomic E-state index is 10.7. The van der Waals surface area contributed by atoms with Gasteiger partial charge in [0.25, 0.3) is 0 Å². The molecule has 0 heterocycles. The Hall–Kier alpha value is -3.81. The minimum Gasteiger partial charge on any atom is -0.480 e. The predicted octanol–water partition coefficient (Wildman–Crippen LogP) is 4.31. The standard InChI is InChI=1S/C15H15NO3.C10H11NO2.ClH/c16-14(15(17)18)10-11-5-4-8-13(9-11)19-12-6-2-1-3-7-12;1-13-10(12)7-4-8-2-5-9(11)6-3-8;/h1-9,14H,10,16H2,(H,17,18);2-7H,11H2,1H3;1H. The van der Waals surface area contributed by atoms with Crippen LogP contribution in [0.3, 0.4) is 0 Å². The molecule has 0 amide bonds. The van der Waals surface area contributed by atoms with Crippen molar-refractivity contribution in [2.75, 3.05) is 12.8 Å². The van der Waals surface area contributed by atoms with Gasteiger partial charge in [0.1, 0.15) is 17.5 Å². The fourth-order valence-corrected chi connectivity index (χ4v) is 2.54. The molecule has 3 rings (SSSR count). The first kappa shape index (κ1) is 27.2. The number of halogens is 1. The summed E-state index contributed by atoms with van der Waals surface area (Å²) < 4.78 is 10.1. The van der Waals surface area contributed by atoms with Crippen molar-refractivity contribution in [1.82, 2.24) is 0 Å². The van der Waals surface area contributed by atoms with Crippen molar-refractivity contribution in [2.24, 2.45) is 5.73 Å². The van der Waals surface area contributed by atoms with Crippen LogP contribution in [0.4, 0.5) is 5.69 Å². The largest absolute Gasteiger partial charge is 0.480 e. The molecule has 0 saturated carbocycles. The second kappa shape index (κ2) is 14.3. The molecule has 0 aliphatic rings. The number of nitrogen functional groups attached to an aromatic ring is 1. The first-order valence-electron chi connectivity index (χ1n) is 9.79. The number of hydrogen-bond donors (Lipinski definition) is 3. The summed E-state index contributed by atoms with van der Waals surface area (Å²) in [6, 6.07) is 23.0. The predicted molar refractivity (Wildman–Crippen MR) is 131 cm³/mol. The van der Waals surface area contributed by atoms with Gasteiger partial charge in [0.2, 0.25) is 0 Å². The number of anilines is 1. The van der Waals surface area contributed by atoms with Gasteiger partial charge in [-0.15, -0.1) is 12.4 Å². The molecule has 7 nitrogen and oxygen atoms in total. The highest BCUT2D eigenvalue weighted by molar-refractivity contribution is 5.87. The number of para-hydroxylation sites is 1. The van der Waals surface area contributed by atoms with Crippen LogP contribution in [0.25, 0.3) is 6.08 Å².